The van der Waals surface area contributed by atoms with Gasteiger partial charge in [-0.1, -0.05) is 30.2 Å². The molecule has 2 bridgehead atoms. The maximum Gasteiger partial charge on any atom is 0.243 e. The Morgan fingerprint density at radius 1 is 1.17 bits per heavy atom. The molecule has 0 radical (unpaired) electrons. The van der Waals surface area contributed by atoms with Crippen LogP contribution in [0.4, 0.5) is 0 Å². The van der Waals surface area contributed by atoms with E-state index in [-0.39, 0.29) is 17.9 Å². The lowest BCUT2D eigenvalue weighted by atomic mass is 9.95. The Bertz CT molecular complexity index is 645. The zero-order chi connectivity index (χ0) is 16.7. The van der Waals surface area contributed by atoms with E-state index in [1.165, 1.54) is 19.3 Å². The normalized spacial score (nSPS) is 31.7. The van der Waals surface area contributed by atoms with Gasteiger partial charge in [0.25, 0.3) is 0 Å². The van der Waals surface area contributed by atoms with Crippen molar-refractivity contribution >= 4 is 23.4 Å². The van der Waals surface area contributed by atoms with Crippen LogP contribution in [-0.2, 0) is 16.1 Å². The number of amides is 2. The van der Waals surface area contributed by atoms with Gasteiger partial charge in [0.1, 0.15) is 6.04 Å². The fourth-order valence-electron chi connectivity index (χ4n) is 4.69. The minimum Gasteiger partial charge on any atom is -0.351 e. The van der Waals surface area contributed by atoms with Gasteiger partial charge in [-0.3, -0.25) is 9.59 Å². The molecule has 4 atom stereocenters. The number of carbonyl (C=O) groups excluding carboxylic acids is 2. The van der Waals surface area contributed by atoms with Crippen molar-refractivity contribution in [1.29, 1.82) is 0 Å². The van der Waals surface area contributed by atoms with Crippen molar-refractivity contribution in [3.05, 3.63) is 34.9 Å². The standard InChI is InChI=1S/C19H23ClN2O2/c20-15-5-2-12(3-6-15)11-22-17(7-8-18(22)23)19(24)21-16-10-13-1-4-14(16)9-13/h2-3,5-6,13-14,16-17H,1,4,7-11H2,(H,21,24)/t13-,14+,16+,17?/m0/s1. The summed E-state index contributed by atoms with van der Waals surface area (Å²) in [5.41, 5.74) is 1.01. The second-order valence-electron chi connectivity index (χ2n) is 7.49. The molecule has 4 nitrogen and oxygen atoms in total. The maximum atomic E-state index is 12.8. The average molecular weight is 347 g/mol. The highest BCUT2D eigenvalue weighted by atomic mass is 35.5. The van der Waals surface area contributed by atoms with E-state index in [1.807, 2.05) is 24.3 Å². The summed E-state index contributed by atoms with van der Waals surface area (Å²) >= 11 is 5.92. The molecule has 1 aliphatic heterocycles. The highest BCUT2D eigenvalue weighted by Gasteiger charge is 2.42. The van der Waals surface area contributed by atoms with Crippen LogP contribution in [0.5, 0.6) is 0 Å². The topological polar surface area (TPSA) is 49.4 Å². The predicted molar refractivity (Wildman–Crippen MR) is 92.4 cm³/mol. The summed E-state index contributed by atoms with van der Waals surface area (Å²) in [4.78, 5) is 26.7. The zero-order valence-corrected chi connectivity index (χ0v) is 14.5. The van der Waals surface area contributed by atoms with Gasteiger partial charge in [0, 0.05) is 24.0 Å². The van der Waals surface area contributed by atoms with Crippen molar-refractivity contribution < 1.29 is 9.59 Å². The molecule has 0 aromatic heterocycles. The molecule has 128 valence electrons. The first-order valence-corrected chi connectivity index (χ1v) is 9.32. The van der Waals surface area contributed by atoms with Crippen LogP contribution in [0.2, 0.25) is 5.02 Å². The van der Waals surface area contributed by atoms with Crippen molar-refractivity contribution in [1.82, 2.24) is 10.2 Å². The summed E-state index contributed by atoms with van der Waals surface area (Å²) in [7, 11) is 0. The lowest BCUT2D eigenvalue weighted by molar-refractivity contribution is -0.136. The van der Waals surface area contributed by atoms with E-state index in [0.717, 1.165) is 17.9 Å². The number of fused-ring (bicyclic) bond motifs is 2. The number of carbonyl (C=O) groups is 2. The van der Waals surface area contributed by atoms with Crippen LogP contribution in [0.3, 0.4) is 0 Å². The average Bonchev–Trinajstić information content (AvgIpc) is 3.26. The van der Waals surface area contributed by atoms with E-state index in [1.54, 1.807) is 4.90 Å². The molecule has 4 rings (SSSR count). The van der Waals surface area contributed by atoms with Gasteiger partial charge in [-0.05, 0) is 55.2 Å². The van der Waals surface area contributed by atoms with Gasteiger partial charge in [0.2, 0.25) is 11.8 Å². The molecule has 2 amide bonds. The third-order valence-electron chi connectivity index (χ3n) is 5.96. The third-order valence-corrected chi connectivity index (χ3v) is 6.21. The van der Waals surface area contributed by atoms with Crippen LogP contribution in [0.1, 0.15) is 44.1 Å². The Balaban J connectivity index is 1.42. The fraction of sp³-hybridized carbons (Fsp3) is 0.579. The van der Waals surface area contributed by atoms with Gasteiger partial charge in [-0.15, -0.1) is 0 Å². The SMILES string of the molecule is O=C(N[C@@H]1C[C@H]2CC[C@@H]1C2)C1CCC(=O)N1Cc1ccc(Cl)cc1. The number of benzene rings is 1. The number of nitrogens with zero attached hydrogens (tertiary/aromatic N) is 1. The monoisotopic (exact) mass is 346 g/mol. The fourth-order valence-corrected chi connectivity index (χ4v) is 4.82. The van der Waals surface area contributed by atoms with Gasteiger partial charge in [0.15, 0.2) is 0 Å². The molecule has 0 spiro atoms. The van der Waals surface area contributed by atoms with Crippen molar-refractivity contribution in [2.45, 2.75) is 57.2 Å². The second-order valence-corrected chi connectivity index (χ2v) is 7.93. The smallest absolute Gasteiger partial charge is 0.243 e. The number of nitrogens with one attached hydrogen (secondary N) is 1. The lowest BCUT2D eigenvalue weighted by Gasteiger charge is -2.28. The zero-order valence-electron chi connectivity index (χ0n) is 13.7. The molecule has 1 N–H and O–H groups in total. The van der Waals surface area contributed by atoms with E-state index >= 15 is 0 Å². The molecule has 1 heterocycles. The molecule has 5 heteroatoms. The lowest BCUT2D eigenvalue weighted by Crippen LogP contribution is -2.49. The van der Waals surface area contributed by atoms with Gasteiger partial charge in [-0.2, -0.15) is 0 Å². The summed E-state index contributed by atoms with van der Waals surface area (Å²) in [5.74, 6) is 1.56. The third kappa shape index (κ3) is 3.04. The largest absolute Gasteiger partial charge is 0.351 e. The molecule has 1 aromatic rings. The molecule has 1 unspecified atom stereocenters. The number of likely N-dealkylation sites (tertiary alicyclic amines) is 1. The molecule has 1 saturated heterocycles. The number of halogens is 1. The van der Waals surface area contributed by atoms with Crippen molar-refractivity contribution in [3.8, 4) is 0 Å². The quantitative estimate of drug-likeness (QED) is 0.910. The van der Waals surface area contributed by atoms with Crippen molar-refractivity contribution in [3.63, 3.8) is 0 Å². The number of hydrogen-bond donors (Lipinski definition) is 1. The van der Waals surface area contributed by atoms with E-state index in [2.05, 4.69) is 5.32 Å². The summed E-state index contributed by atoms with van der Waals surface area (Å²) in [6.45, 7) is 0.477. The van der Waals surface area contributed by atoms with Crippen LogP contribution in [0, 0.1) is 11.8 Å². The first-order valence-electron chi connectivity index (χ1n) is 8.94. The van der Waals surface area contributed by atoms with Gasteiger partial charge < -0.3 is 10.2 Å². The molecular weight excluding hydrogens is 324 g/mol. The summed E-state index contributed by atoms with van der Waals surface area (Å²) < 4.78 is 0. The van der Waals surface area contributed by atoms with Crippen molar-refractivity contribution in [2.24, 2.45) is 11.8 Å². The van der Waals surface area contributed by atoms with Crippen LogP contribution in [0.15, 0.2) is 24.3 Å². The van der Waals surface area contributed by atoms with E-state index in [0.29, 0.717) is 36.4 Å². The molecule has 24 heavy (non-hydrogen) atoms. The van der Waals surface area contributed by atoms with Crippen LogP contribution in [0.25, 0.3) is 0 Å². The molecule has 2 aliphatic carbocycles. The predicted octanol–water partition coefficient (Wildman–Crippen LogP) is 3.14. The summed E-state index contributed by atoms with van der Waals surface area (Å²) in [6.07, 6.45) is 6.04. The molecule has 3 aliphatic rings. The first-order chi connectivity index (χ1) is 11.6. The molecule has 1 aromatic carbocycles. The van der Waals surface area contributed by atoms with E-state index in [9.17, 15) is 9.59 Å². The van der Waals surface area contributed by atoms with Gasteiger partial charge in [-0.25, -0.2) is 0 Å². The Morgan fingerprint density at radius 3 is 2.62 bits per heavy atom. The van der Waals surface area contributed by atoms with Crippen LogP contribution >= 0.6 is 11.6 Å². The molecule has 2 saturated carbocycles. The minimum absolute atomic E-state index is 0.0346. The second kappa shape index (κ2) is 6.40. The highest BCUT2D eigenvalue weighted by Crippen LogP contribution is 2.44. The van der Waals surface area contributed by atoms with Gasteiger partial charge >= 0.3 is 0 Å². The summed E-state index contributed by atoms with van der Waals surface area (Å²) in [5, 5.41) is 3.92. The molecule has 3 fully saturated rings. The number of hydrogen-bond acceptors (Lipinski definition) is 2. The maximum absolute atomic E-state index is 12.8. The number of rotatable bonds is 4. The Labute approximate surface area is 147 Å². The first kappa shape index (κ1) is 15.9. The Morgan fingerprint density at radius 2 is 1.96 bits per heavy atom. The summed E-state index contributed by atoms with van der Waals surface area (Å²) in [6, 6.07) is 7.47. The Kier molecular flexibility index (Phi) is 4.25. The van der Waals surface area contributed by atoms with Crippen LogP contribution in [-0.4, -0.2) is 28.8 Å². The van der Waals surface area contributed by atoms with Gasteiger partial charge in [0.05, 0.1) is 0 Å². The minimum atomic E-state index is -0.327. The van der Waals surface area contributed by atoms with E-state index < -0.39 is 0 Å². The van der Waals surface area contributed by atoms with Crippen molar-refractivity contribution in [2.75, 3.05) is 0 Å². The Hall–Kier alpha value is -1.55. The molecular formula is C19H23ClN2O2. The van der Waals surface area contributed by atoms with E-state index in [4.69, 9.17) is 11.6 Å². The van der Waals surface area contributed by atoms with Crippen LogP contribution < -0.4 is 5.32 Å². The highest BCUT2D eigenvalue weighted by molar-refractivity contribution is 6.30.